The molecule has 2 rings (SSSR count). The maximum atomic E-state index is 11.6. The zero-order valence-corrected chi connectivity index (χ0v) is 13.0. The molecule has 0 aliphatic carbocycles. The Morgan fingerprint density at radius 1 is 1.35 bits per heavy atom. The first-order valence-corrected chi connectivity index (χ1v) is 7.23. The van der Waals surface area contributed by atoms with E-state index in [2.05, 4.69) is 39.1 Å². The number of aromatic nitrogens is 1. The van der Waals surface area contributed by atoms with Gasteiger partial charge in [-0.05, 0) is 36.1 Å². The summed E-state index contributed by atoms with van der Waals surface area (Å²) in [5.41, 5.74) is 2.80. The topological polar surface area (TPSA) is 47.2 Å². The number of fused-ring (bicyclic) bond motifs is 1. The highest BCUT2D eigenvalue weighted by molar-refractivity contribution is 5.73. The molecule has 0 fully saturated rings. The molecule has 0 saturated carbocycles. The minimum atomic E-state index is -0.313. The molecule has 0 amide bonds. The predicted molar refractivity (Wildman–Crippen MR) is 81.9 cm³/mol. The van der Waals surface area contributed by atoms with Gasteiger partial charge in [-0.25, -0.2) is 4.79 Å². The van der Waals surface area contributed by atoms with Crippen LogP contribution in [0.4, 0.5) is 0 Å². The lowest BCUT2D eigenvalue weighted by Gasteiger charge is -2.34. The van der Waals surface area contributed by atoms with Crippen molar-refractivity contribution >= 4 is 11.1 Å². The maximum absolute atomic E-state index is 11.6. The number of nitrogens with zero attached hydrogens (tertiary/aromatic N) is 1. The average molecular weight is 276 g/mol. The summed E-state index contributed by atoms with van der Waals surface area (Å²) in [6.45, 7) is 9.73. The highest BCUT2D eigenvalue weighted by atomic mass is 16.4. The zero-order valence-electron chi connectivity index (χ0n) is 13.0. The summed E-state index contributed by atoms with van der Waals surface area (Å²) < 4.78 is 6.83. The molecule has 1 N–H and O–H groups in total. The quantitative estimate of drug-likeness (QED) is 0.912. The van der Waals surface area contributed by atoms with Gasteiger partial charge in [0.2, 0.25) is 0 Å². The van der Waals surface area contributed by atoms with Crippen LogP contribution in [0.5, 0.6) is 0 Å². The van der Waals surface area contributed by atoms with Crippen LogP contribution in [0.25, 0.3) is 11.1 Å². The molecule has 4 nitrogen and oxygen atoms in total. The number of benzene rings is 1. The predicted octanol–water partition coefficient (Wildman–Crippen LogP) is 3.22. The summed E-state index contributed by atoms with van der Waals surface area (Å²) in [4.78, 5) is 11.6. The van der Waals surface area contributed by atoms with Crippen LogP contribution >= 0.6 is 0 Å². The first kappa shape index (κ1) is 14.9. The van der Waals surface area contributed by atoms with Crippen LogP contribution in [0.15, 0.2) is 27.4 Å². The lowest BCUT2D eigenvalue weighted by Crippen LogP contribution is -2.33. The number of nitrogens with one attached hydrogen (secondary N) is 1. The van der Waals surface area contributed by atoms with Crippen molar-refractivity contribution in [3.05, 3.63) is 34.3 Å². The van der Waals surface area contributed by atoms with E-state index in [-0.39, 0.29) is 17.2 Å². The SMILES string of the molecule is CCNC(c1ccc2c(c1)oc(=O)n2C)C(C)(C)CC. The molecule has 110 valence electrons. The van der Waals surface area contributed by atoms with Crippen molar-refractivity contribution in [2.75, 3.05) is 6.54 Å². The molecule has 20 heavy (non-hydrogen) atoms. The second kappa shape index (κ2) is 5.44. The van der Waals surface area contributed by atoms with Crippen LogP contribution < -0.4 is 11.1 Å². The van der Waals surface area contributed by atoms with Crippen LogP contribution in [0, 0.1) is 5.41 Å². The standard InChI is InChI=1S/C16H24N2O2/c1-6-16(3,4)14(17-7-2)11-8-9-12-13(10-11)20-15(19)18(12)5/h8-10,14,17H,6-7H2,1-5H3. The van der Waals surface area contributed by atoms with Gasteiger partial charge in [0.05, 0.1) is 5.52 Å². The molecule has 0 saturated heterocycles. The molecule has 1 unspecified atom stereocenters. The van der Waals surface area contributed by atoms with E-state index in [9.17, 15) is 4.79 Å². The highest BCUT2D eigenvalue weighted by Gasteiger charge is 2.28. The minimum Gasteiger partial charge on any atom is -0.408 e. The summed E-state index contributed by atoms with van der Waals surface area (Å²) in [7, 11) is 1.73. The second-order valence-electron chi connectivity index (χ2n) is 5.99. The summed E-state index contributed by atoms with van der Waals surface area (Å²) >= 11 is 0. The Morgan fingerprint density at radius 2 is 2.05 bits per heavy atom. The Bertz CT molecular complexity index is 652. The number of aryl methyl sites for hydroxylation is 1. The van der Waals surface area contributed by atoms with Crippen LogP contribution in [-0.2, 0) is 7.05 Å². The van der Waals surface area contributed by atoms with Crippen LogP contribution in [0.1, 0.15) is 45.7 Å². The lowest BCUT2D eigenvalue weighted by molar-refractivity contribution is 0.237. The molecule has 0 aliphatic rings. The van der Waals surface area contributed by atoms with Crippen LogP contribution in [0.2, 0.25) is 0 Å². The zero-order chi connectivity index (χ0) is 14.9. The van der Waals surface area contributed by atoms with Crippen molar-refractivity contribution in [1.82, 2.24) is 9.88 Å². The fraction of sp³-hybridized carbons (Fsp3) is 0.562. The molecule has 2 aromatic rings. The number of hydrogen-bond acceptors (Lipinski definition) is 3. The fourth-order valence-electron chi connectivity index (χ4n) is 2.58. The molecule has 0 bridgehead atoms. The van der Waals surface area contributed by atoms with E-state index in [1.165, 1.54) is 10.1 Å². The summed E-state index contributed by atoms with van der Waals surface area (Å²) in [5.74, 6) is -0.313. The van der Waals surface area contributed by atoms with E-state index >= 15 is 0 Å². The Labute approximate surface area is 119 Å². The van der Waals surface area contributed by atoms with E-state index in [4.69, 9.17) is 4.42 Å². The van der Waals surface area contributed by atoms with Gasteiger partial charge in [-0.1, -0.05) is 33.8 Å². The molecule has 0 aliphatic heterocycles. The first-order valence-electron chi connectivity index (χ1n) is 7.23. The summed E-state index contributed by atoms with van der Waals surface area (Å²) in [6.07, 6.45) is 1.07. The van der Waals surface area contributed by atoms with Crippen LogP contribution in [0.3, 0.4) is 0 Å². The maximum Gasteiger partial charge on any atom is 0.419 e. The van der Waals surface area contributed by atoms with Crippen molar-refractivity contribution in [2.24, 2.45) is 12.5 Å². The van der Waals surface area contributed by atoms with Gasteiger partial charge in [-0.2, -0.15) is 0 Å². The Morgan fingerprint density at radius 3 is 2.65 bits per heavy atom. The van der Waals surface area contributed by atoms with Crippen molar-refractivity contribution in [3.8, 4) is 0 Å². The third kappa shape index (κ3) is 2.52. The van der Waals surface area contributed by atoms with Crippen molar-refractivity contribution in [1.29, 1.82) is 0 Å². The average Bonchev–Trinajstić information content (AvgIpc) is 2.70. The molecular weight excluding hydrogens is 252 g/mol. The van der Waals surface area contributed by atoms with Crippen molar-refractivity contribution < 1.29 is 4.42 Å². The molecule has 1 heterocycles. The number of oxazole rings is 1. The smallest absolute Gasteiger partial charge is 0.408 e. The molecule has 1 aromatic carbocycles. The van der Waals surface area contributed by atoms with Gasteiger partial charge in [-0.15, -0.1) is 0 Å². The first-order chi connectivity index (χ1) is 9.40. The highest BCUT2D eigenvalue weighted by Crippen LogP contribution is 2.37. The molecule has 1 atom stereocenters. The van der Waals surface area contributed by atoms with Gasteiger partial charge >= 0.3 is 5.76 Å². The molecule has 1 aromatic heterocycles. The molecule has 0 radical (unpaired) electrons. The van der Waals surface area contributed by atoms with Gasteiger partial charge in [0, 0.05) is 13.1 Å². The van der Waals surface area contributed by atoms with Crippen LogP contribution in [-0.4, -0.2) is 11.1 Å². The second-order valence-corrected chi connectivity index (χ2v) is 5.99. The molecule has 4 heteroatoms. The Kier molecular flexibility index (Phi) is 4.04. The van der Waals surface area contributed by atoms with E-state index in [1.807, 2.05) is 12.1 Å². The van der Waals surface area contributed by atoms with E-state index in [1.54, 1.807) is 7.05 Å². The third-order valence-corrected chi connectivity index (χ3v) is 4.25. The van der Waals surface area contributed by atoms with E-state index < -0.39 is 0 Å². The molecular formula is C16H24N2O2. The van der Waals surface area contributed by atoms with Gasteiger partial charge in [0.25, 0.3) is 0 Å². The Balaban J connectivity index is 2.51. The lowest BCUT2D eigenvalue weighted by atomic mass is 9.78. The largest absolute Gasteiger partial charge is 0.419 e. The normalized spacial score (nSPS) is 13.8. The van der Waals surface area contributed by atoms with Gasteiger partial charge < -0.3 is 9.73 Å². The van der Waals surface area contributed by atoms with Gasteiger partial charge in [-0.3, -0.25) is 4.57 Å². The van der Waals surface area contributed by atoms with E-state index in [0.717, 1.165) is 18.5 Å². The fourth-order valence-corrected chi connectivity index (χ4v) is 2.58. The van der Waals surface area contributed by atoms with Gasteiger partial charge in [0.15, 0.2) is 5.58 Å². The van der Waals surface area contributed by atoms with Crippen molar-refractivity contribution in [3.63, 3.8) is 0 Å². The van der Waals surface area contributed by atoms with Gasteiger partial charge in [0.1, 0.15) is 0 Å². The number of rotatable bonds is 5. The minimum absolute atomic E-state index is 0.138. The Hall–Kier alpha value is -1.55. The van der Waals surface area contributed by atoms with Crippen molar-refractivity contribution in [2.45, 2.75) is 40.2 Å². The molecule has 0 spiro atoms. The monoisotopic (exact) mass is 276 g/mol. The summed E-state index contributed by atoms with van der Waals surface area (Å²) in [6, 6.07) is 6.28. The number of hydrogen-bond donors (Lipinski definition) is 1. The third-order valence-electron chi connectivity index (χ3n) is 4.25. The van der Waals surface area contributed by atoms with E-state index in [0.29, 0.717) is 5.58 Å². The summed E-state index contributed by atoms with van der Waals surface area (Å²) in [5, 5.41) is 3.55.